The Hall–Kier alpha value is -2.63. The first-order valence-electron chi connectivity index (χ1n) is 7.40. The van der Waals surface area contributed by atoms with Gasteiger partial charge in [0.05, 0.1) is 5.56 Å². The van der Waals surface area contributed by atoms with Crippen molar-refractivity contribution in [2.24, 2.45) is 0 Å². The summed E-state index contributed by atoms with van der Waals surface area (Å²) in [6.45, 7) is 0. The second kappa shape index (κ2) is 6.43. The quantitative estimate of drug-likeness (QED) is 0.785. The van der Waals surface area contributed by atoms with Crippen molar-refractivity contribution in [2.75, 3.05) is 10.6 Å². The molecular formula is C16H18N4O2. The largest absolute Gasteiger partial charge is 0.478 e. The number of hydrogen-bond donors (Lipinski definition) is 3. The molecule has 3 rings (SSSR count). The standard InChI is InChI=1S/C16H18N4O2/c21-16(22)11-5-7-13(8-6-11)20-15-9-14(17-10-18-15)19-12-3-1-2-4-12/h5-10,12H,1-4H2,(H,21,22)(H2,17,18,19,20). The van der Waals surface area contributed by atoms with Gasteiger partial charge in [-0.25, -0.2) is 14.8 Å². The number of hydrogen-bond acceptors (Lipinski definition) is 5. The average Bonchev–Trinajstić information content (AvgIpc) is 3.01. The number of nitrogens with one attached hydrogen (secondary N) is 2. The fourth-order valence-electron chi connectivity index (χ4n) is 2.63. The molecule has 1 aromatic carbocycles. The summed E-state index contributed by atoms with van der Waals surface area (Å²) in [4.78, 5) is 19.3. The van der Waals surface area contributed by atoms with E-state index >= 15 is 0 Å². The highest BCUT2D eigenvalue weighted by molar-refractivity contribution is 5.88. The average molecular weight is 298 g/mol. The van der Waals surface area contributed by atoms with Crippen LogP contribution in [-0.4, -0.2) is 27.1 Å². The summed E-state index contributed by atoms with van der Waals surface area (Å²) in [5, 5.41) is 15.5. The Bertz CT molecular complexity index is 651. The first kappa shape index (κ1) is 14.3. The molecule has 0 radical (unpaired) electrons. The van der Waals surface area contributed by atoms with Crippen LogP contribution in [0.2, 0.25) is 0 Å². The van der Waals surface area contributed by atoms with E-state index in [4.69, 9.17) is 5.11 Å². The Morgan fingerprint density at radius 2 is 1.77 bits per heavy atom. The third-order valence-corrected chi connectivity index (χ3v) is 3.78. The van der Waals surface area contributed by atoms with Gasteiger partial charge in [0, 0.05) is 17.8 Å². The van der Waals surface area contributed by atoms with Crippen LogP contribution in [0.25, 0.3) is 0 Å². The predicted octanol–water partition coefficient (Wildman–Crippen LogP) is 3.27. The highest BCUT2D eigenvalue weighted by atomic mass is 16.4. The van der Waals surface area contributed by atoms with Gasteiger partial charge >= 0.3 is 5.97 Å². The summed E-state index contributed by atoms with van der Waals surface area (Å²) in [5.41, 5.74) is 1.05. The van der Waals surface area contributed by atoms with Gasteiger partial charge in [-0.2, -0.15) is 0 Å². The van der Waals surface area contributed by atoms with Crippen LogP contribution in [0.3, 0.4) is 0 Å². The summed E-state index contributed by atoms with van der Waals surface area (Å²) in [7, 11) is 0. The van der Waals surface area contributed by atoms with Gasteiger partial charge in [0.1, 0.15) is 18.0 Å². The van der Waals surface area contributed by atoms with Gasteiger partial charge in [-0.05, 0) is 37.1 Å². The van der Waals surface area contributed by atoms with Crippen molar-refractivity contribution in [1.82, 2.24) is 9.97 Å². The lowest BCUT2D eigenvalue weighted by Crippen LogP contribution is -2.15. The third kappa shape index (κ3) is 3.52. The maximum absolute atomic E-state index is 10.8. The lowest BCUT2D eigenvalue weighted by Gasteiger charge is -2.13. The van der Waals surface area contributed by atoms with Crippen LogP contribution in [0, 0.1) is 0 Å². The van der Waals surface area contributed by atoms with Gasteiger partial charge in [0.2, 0.25) is 0 Å². The van der Waals surface area contributed by atoms with Gasteiger partial charge in [0.25, 0.3) is 0 Å². The van der Waals surface area contributed by atoms with Crippen LogP contribution >= 0.6 is 0 Å². The van der Waals surface area contributed by atoms with Crippen LogP contribution in [0.15, 0.2) is 36.7 Å². The van der Waals surface area contributed by atoms with Gasteiger partial charge in [0.15, 0.2) is 0 Å². The Morgan fingerprint density at radius 3 is 2.45 bits per heavy atom. The van der Waals surface area contributed by atoms with Crippen LogP contribution in [0.1, 0.15) is 36.0 Å². The number of carboxylic acid groups (broad SMARTS) is 1. The van der Waals surface area contributed by atoms with Crippen molar-refractivity contribution in [3.63, 3.8) is 0 Å². The number of carboxylic acids is 1. The van der Waals surface area contributed by atoms with Gasteiger partial charge in [-0.3, -0.25) is 0 Å². The first-order chi connectivity index (χ1) is 10.7. The number of aromatic carboxylic acids is 1. The van der Waals surface area contributed by atoms with E-state index in [1.807, 2.05) is 6.07 Å². The molecule has 6 heteroatoms. The minimum atomic E-state index is -0.934. The van der Waals surface area contributed by atoms with Crippen LogP contribution in [0.5, 0.6) is 0 Å². The molecule has 0 atom stereocenters. The van der Waals surface area contributed by atoms with E-state index < -0.39 is 5.97 Å². The second-order valence-corrected chi connectivity index (χ2v) is 5.42. The summed E-state index contributed by atoms with van der Waals surface area (Å²) >= 11 is 0. The molecule has 0 unspecified atom stereocenters. The molecule has 114 valence electrons. The minimum Gasteiger partial charge on any atom is -0.478 e. The normalized spacial score (nSPS) is 14.7. The van der Waals surface area contributed by atoms with Crippen LogP contribution in [-0.2, 0) is 0 Å². The maximum Gasteiger partial charge on any atom is 0.335 e. The molecule has 3 N–H and O–H groups in total. The Labute approximate surface area is 128 Å². The molecule has 2 aromatic rings. The molecule has 1 aliphatic carbocycles. The van der Waals surface area contributed by atoms with Crippen molar-refractivity contribution >= 4 is 23.3 Å². The Balaban J connectivity index is 1.67. The third-order valence-electron chi connectivity index (χ3n) is 3.78. The molecule has 0 amide bonds. The molecule has 0 aliphatic heterocycles. The van der Waals surface area contributed by atoms with Gasteiger partial charge in [-0.1, -0.05) is 12.8 Å². The topological polar surface area (TPSA) is 87.1 Å². The van der Waals surface area contributed by atoms with Gasteiger partial charge < -0.3 is 15.7 Å². The molecule has 0 bridgehead atoms. The molecule has 0 spiro atoms. The molecule has 1 saturated carbocycles. The number of aromatic nitrogens is 2. The van der Waals surface area contributed by atoms with E-state index in [0.717, 1.165) is 11.5 Å². The zero-order valence-electron chi connectivity index (χ0n) is 12.1. The first-order valence-corrected chi connectivity index (χ1v) is 7.40. The van der Waals surface area contributed by atoms with Crippen LogP contribution < -0.4 is 10.6 Å². The molecule has 1 aliphatic rings. The summed E-state index contributed by atoms with van der Waals surface area (Å²) in [6, 6.07) is 8.92. The highest BCUT2D eigenvalue weighted by Crippen LogP contribution is 2.23. The Kier molecular flexibility index (Phi) is 4.18. The molecular weight excluding hydrogens is 280 g/mol. The van der Waals surface area contributed by atoms with Crippen molar-refractivity contribution < 1.29 is 9.90 Å². The number of carbonyl (C=O) groups is 1. The molecule has 1 heterocycles. The number of rotatable bonds is 5. The smallest absolute Gasteiger partial charge is 0.335 e. The molecule has 6 nitrogen and oxygen atoms in total. The van der Waals surface area contributed by atoms with E-state index in [2.05, 4.69) is 20.6 Å². The summed E-state index contributed by atoms with van der Waals surface area (Å²) in [5.74, 6) is 0.557. The second-order valence-electron chi connectivity index (χ2n) is 5.42. The Morgan fingerprint density at radius 1 is 1.09 bits per heavy atom. The highest BCUT2D eigenvalue weighted by Gasteiger charge is 2.15. The van der Waals surface area contributed by atoms with Crippen molar-refractivity contribution in [2.45, 2.75) is 31.7 Å². The summed E-state index contributed by atoms with van der Waals surface area (Å²) < 4.78 is 0. The van der Waals surface area contributed by atoms with E-state index in [1.54, 1.807) is 24.3 Å². The maximum atomic E-state index is 10.8. The fraction of sp³-hybridized carbons (Fsp3) is 0.312. The van der Waals surface area contributed by atoms with Crippen LogP contribution in [0.4, 0.5) is 17.3 Å². The zero-order chi connectivity index (χ0) is 15.4. The fourth-order valence-corrected chi connectivity index (χ4v) is 2.63. The lowest BCUT2D eigenvalue weighted by molar-refractivity contribution is 0.0697. The molecule has 1 aromatic heterocycles. The number of nitrogens with zero attached hydrogens (tertiary/aromatic N) is 2. The minimum absolute atomic E-state index is 0.261. The SMILES string of the molecule is O=C(O)c1ccc(Nc2cc(NC3CCCC3)ncn2)cc1. The van der Waals surface area contributed by atoms with Crippen molar-refractivity contribution in [1.29, 1.82) is 0 Å². The van der Waals surface area contributed by atoms with E-state index in [0.29, 0.717) is 11.9 Å². The molecule has 1 fully saturated rings. The predicted molar refractivity (Wildman–Crippen MR) is 84.6 cm³/mol. The number of benzene rings is 1. The van der Waals surface area contributed by atoms with Gasteiger partial charge in [-0.15, -0.1) is 0 Å². The molecule has 22 heavy (non-hydrogen) atoms. The van der Waals surface area contributed by atoms with Crippen molar-refractivity contribution in [3.8, 4) is 0 Å². The van der Waals surface area contributed by atoms with Crippen molar-refractivity contribution in [3.05, 3.63) is 42.2 Å². The van der Waals surface area contributed by atoms with E-state index in [-0.39, 0.29) is 5.56 Å². The summed E-state index contributed by atoms with van der Waals surface area (Å²) in [6.07, 6.45) is 6.42. The lowest BCUT2D eigenvalue weighted by atomic mass is 10.2. The molecule has 0 saturated heterocycles. The van der Waals surface area contributed by atoms with E-state index in [9.17, 15) is 4.79 Å². The van der Waals surface area contributed by atoms with E-state index in [1.165, 1.54) is 32.0 Å². The zero-order valence-corrected chi connectivity index (χ0v) is 12.1. The monoisotopic (exact) mass is 298 g/mol. The number of anilines is 3.